The Bertz CT molecular complexity index is 1090. The molecule has 1 aromatic carbocycles. The highest BCUT2D eigenvalue weighted by Gasteiger charge is 2.28. The third-order valence-corrected chi connectivity index (χ3v) is 6.35. The zero-order valence-electron chi connectivity index (χ0n) is 19.6. The van der Waals surface area contributed by atoms with Gasteiger partial charge in [-0.25, -0.2) is 14.6 Å². The monoisotopic (exact) mass is 432 g/mol. The van der Waals surface area contributed by atoms with Crippen LogP contribution in [0.2, 0.25) is 0 Å². The van der Waals surface area contributed by atoms with Crippen LogP contribution in [0, 0.1) is 27.7 Å². The van der Waals surface area contributed by atoms with Gasteiger partial charge in [-0.15, -0.1) is 0 Å². The summed E-state index contributed by atoms with van der Waals surface area (Å²) in [5.74, 6) is 0.590. The minimum atomic E-state index is 0.0382. The summed E-state index contributed by atoms with van der Waals surface area (Å²) in [5, 5.41) is 7.86. The zero-order chi connectivity index (χ0) is 22.8. The number of nitrogens with one attached hydrogen (secondary N) is 1. The summed E-state index contributed by atoms with van der Waals surface area (Å²) in [6.07, 6.45) is 1.28. The molecule has 0 aliphatic carbocycles. The molecule has 2 unspecified atom stereocenters. The molecule has 0 radical (unpaired) electrons. The molecule has 32 heavy (non-hydrogen) atoms. The molecule has 0 spiro atoms. The number of carbonyl (C=O) groups excluding carboxylic acids is 1. The van der Waals surface area contributed by atoms with Crippen molar-refractivity contribution < 1.29 is 4.79 Å². The van der Waals surface area contributed by atoms with E-state index >= 15 is 0 Å². The molecule has 168 valence electrons. The highest BCUT2D eigenvalue weighted by Crippen LogP contribution is 2.24. The van der Waals surface area contributed by atoms with Crippen LogP contribution in [0.25, 0.3) is 5.95 Å². The smallest absolute Gasteiger partial charge is 0.251 e. The molecule has 1 fully saturated rings. The van der Waals surface area contributed by atoms with Gasteiger partial charge in [-0.05, 0) is 52.7 Å². The first-order valence-corrected chi connectivity index (χ1v) is 11.3. The molecular formula is C25H32N6O. The van der Waals surface area contributed by atoms with E-state index in [0.717, 1.165) is 47.8 Å². The van der Waals surface area contributed by atoms with E-state index in [2.05, 4.69) is 56.5 Å². The Morgan fingerprint density at radius 2 is 1.81 bits per heavy atom. The SMILES string of the molecule is Cc1cc(C)nc(-n2nc(C)c(CC(=O)NC3CCN(C(C)c4ccccc4)C3)c2C)n1. The molecular weight excluding hydrogens is 400 g/mol. The van der Waals surface area contributed by atoms with Gasteiger partial charge in [0.15, 0.2) is 0 Å². The third-order valence-electron chi connectivity index (χ3n) is 6.35. The van der Waals surface area contributed by atoms with Crippen LogP contribution in [0.5, 0.6) is 0 Å². The minimum absolute atomic E-state index is 0.0382. The average Bonchev–Trinajstić information content (AvgIpc) is 3.33. The van der Waals surface area contributed by atoms with Gasteiger partial charge in [-0.1, -0.05) is 30.3 Å². The molecule has 1 aliphatic heterocycles. The fourth-order valence-electron chi connectivity index (χ4n) is 4.57. The summed E-state index contributed by atoms with van der Waals surface area (Å²) in [4.78, 5) is 24.3. The second-order valence-corrected chi connectivity index (χ2v) is 8.82. The van der Waals surface area contributed by atoms with Crippen molar-refractivity contribution in [1.82, 2.24) is 30.0 Å². The van der Waals surface area contributed by atoms with Gasteiger partial charge in [-0.2, -0.15) is 5.10 Å². The Labute approximate surface area is 189 Å². The number of likely N-dealkylation sites (tertiary alicyclic amines) is 1. The van der Waals surface area contributed by atoms with Crippen molar-refractivity contribution in [3.05, 3.63) is 70.3 Å². The second kappa shape index (κ2) is 9.20. The molecule has 3 heterocycles. The molecule has 1 N–H and O–H groups in total. The molecule has 4 rings (SSSR count). The number of hydrogen-bond acceptors (Lipinski definition) is 5. The van der Waals surface area contributed by atoms with Gasteiger partial charge in [0.1, 0.15) is 0 Å². The highest BCUT2D eigenvalue weighted by molar-refractivity contribution is 5.79. The molecule has 1 saturated heterocycles. The number of aromatic nitrogens is 4. The van der Waals surface area contributed by atoms with E-state index in [1.807, 2.05) is 39.8 Å². The molecule has 7 nitrogen and oxygen atoms in total. The first-order valence-electron chi connectivity index (χ1n) is 11.3. The summed E-state index contributed by atoms with van der Waals surface area (Å²) >= 11 is 0. The van der Waals surface area contributed by atoms with Crippen LogP contribution < -0.4 is 5.32 Å². The lowest BCUT2D eigenvalue weighted by Gasteiger charge is -2.24. The van der Waals surface area contributed by atoms with Gasteiger partial charge in [0.25, 0.3) is 5.95 Å². The van der Waals surface area contributed by atoms with Gasteiger partial charge < -0.3 is 5.32 Å². The first-order chi connectivity index (χ1) is 15.3. The van der Waals surface area contributed by atoms with Crippen molar-refractivity contribution in [2.24, 2.45) is 0 Å². The van der Waals surface area contributed by atoms with Crippen molar-refractivity contribution in [2.45, 2.75) is 59.5 Å². The maximum absolute atomic E-state index is 12.9. The lowest BCUT2D eigenvalue weighted by molar-refractivity contribution is -0.121. The topological polar surface area (TPSA) is 75.9 Å². The molecule has 3 aromatic rings. The summed E-state index contributed by atoms with van der Waals surface area (Å²) in [6, 6.07) is 13.0. The van der Waals surface area contributed by atoms with Crippen LogP contribution in [-0.2, 0) is 11.2 Å². The number of rotatable bonds is 6. The molecule has 0 bridgehead atoms. The van der Waals surface area contributed by atoms with Crippen molar-refractivity contribution in [2.75, 3.05) is 13.1 Å². The van der Waals surface area contributed by atoms with Crippen molar-refractivity contribution in [3.8, 4) is 5.95 Å². The van der Waals surface area contributed by atoms with Crippen molar-refractivity contribution in [1.29, 1.82) is 0 Å². The molecule has 0 saturated carbocycles. The van der Waals surface area contributed by atoms with E-state index < -0.39 is 0 Å². The first kappa shape index (κ1) is 22.1. The fraction of sp³-hybridized carbons (Fsp3) is 0.440. The van der Waals surface area contributed by atoms with Crippen LogP contribution in [-0.4, -0.2) is 49.7 Å². The Kier molecular flexibility index (Phi) is 6.37. The Balaban J connectivity index is 1.40. The van der Waals surface area contributed by atoms with E-state index in [0.29, 0.717) is 18.4 Å². The molecule has 2 aromatic heterocycles. The van der Waals surface area contributed by atoms with Gasteiger partial charge >= 0.3 is 0 Å². The molecule has 2 atom stereocenters. The standard InChI is InChI=1S/C25H32N6O/c1-16-13-17(2)27-25(26-16)31-20(5)23(18(3)29-31)14-24(32)28-22-11-12-30(15-22)19(4)21-9-7-6-8-10-21/h6-10,13,19,22H,11-12,14-15H2,1-5H3,(H,28,32). The number of carbonyl (C=O) groups is 1. The van der Waals surface area contributed by atoms with Crippen molar-refractivity contribution >= 4 is 5.91 Å². The normalized spacial score (nSPS) is 17.5. The highest BCUT2D eigenvalue weighted by atomic mass is 16.1. The van der Waals surface area contributed by atoms with Gasteiger partial charge in [0.2, 0.25) is 5.91 Å². The third kappa shape index (κ3) is 4.72. The predicted octanol–water partition coefficient (Wildman–Crippen LogP) is 3.39. The Hall–Kier alpha value is -3.06. The average molecular weight is 433 g/mol. The van der Waals surface area contributed by atoms with Crippen LogP contribution in [0.1, 0.15) is 53.3 Å². The molecule has 1 amide bonds. The lowest BCUT2D eigenvalue weighted by Crippen LogP contribution is -2.38. The predicted molar refractivity (Wildman–Crippen MR) is 125 cm³/mol. The van der Waals surface area contributed by atoms with Crippen LogP contribution >= 0.6 is 0 Å². The zero-order valence-corrected chi connectivity index (χ0v) is 19.6. The number of nitrogens with zero attached hydrogens (tertiary/aromatic N) is 5. The molecule has 7 heteroatoms. The number of benzene rings is 1. The van der Waals surface area contributed by atoms with Gasteiger partial charge in [0, 0.05) is 47.8 Å². The lowest BCUT2D eigenvalue weighted by atomic mass is 10.1. The quantitative estimate of drug-likeness (QED) is 0.646. The number of hydrogen-bond donors (Lipinski definition) is 1. The Morgan fingerprint density at radius 1 is 1.12 bits per heavy atom. The summed E-state index contributed by atoms with van der Waals surface area (Å²) in [6.45, 7) is 11.9. The second-order valence-electron chi connectivity index (χ2n) is 8.82. The van der Waals surface area contributed by atoms with Crippen LogP contribution in [0.4, 0.5) is 0 Å². The van der Waals surface area contributed by atoms with Crippen LogP contribution in [0.3, 0.4) is 0 Å². The van der Waals surface area contributed by atoms with E-state index in [1.54, 1.807) is 4.68 Å². The van der Waals surface area contributed by atoms with E-state index in [9.17, 15) is 4.79 Å². The minimum Gasteiger partial charge on any atom is -0.352 e. The largest absolute Gasteiger partial charge is 0.352 e. The van der Waals surface area contributed by atoms with Crippen molar-refractivity contribution in [3.63, 3.8) is 0 Å². The Morgan fingerprint density at radius 3 is 2.50 bits per heavy atom. The summed E-state index contributed by atoms with van der Waals surface area (Å²) in [5.41, 5.74) is 5.80. The van der Waals surface area contributed by atoms with Crippen LogP contribution in [0.15, 0.2) is 36.4 Å². The van der Waals surface area contributed by atoms with E-state index in [1.165, 1.54) is 5.56 Å². The number of aryl methyl sites for hydroxylation is 3. The summed E-state index contributed by atoms with van der Waals surface area (Å²) in [7, 11) is 0. The molecule has 1 aliphatic rings. The number of amides is 1. The van der Waals surface area contributed by atoms with Gasteiger partial charge in [-0.3, -0.25) is 9.69 Å². The van der Waals surface area contributed by atoms with E-state index in [4.69, 9.17) is 0 Å². The van der Waals surface area contributed by atoms with Gasteiger partial charge in [0.05, 0.1) is 12.1 Å². The maximum Gasteiger partial charge on any atom is 0.251 e. The van der Waals surface area contributed by atoms with E-state index in [-0.39, 0.29) is 11.9 Å². The fourth-order valence-corrected chi connectivity index (χ4v) is 4.57. The maximum atomic E-state index is 12.9. The summed E-state index contributed by atoms with van der Waals surface area (Å²) < 4.78 is 1.75.